The van der Waals surface area contributed by atoms with Gasteiger partial charge < -0.3 is 4.74 Å². The molecule has 0 saturated carbocycles. The quantitative estimate of drug-likeness (QED) is 0.765. The second kappa shape index (κ2) is 4.82. The number of ether oxygens (including phenoxy) is 1. The summed E-state index contributed by atoms with van der Waals surface area (Å²) in [6, 6.07) is 9.40. The first-order valence-electron chi connectivity index (χ1n) is 4.82. The Morgan fingerprint density at radius 2 is 2.25 bits per heavy atom. The van der Waals surface area contributed by atoms with E-state index in [1.807, 2.05) is 18.2 Å². The molecule has 2 rings (SSSR count). The largest absolute Gasteiger partial charge is 0.492 e. The van der Waals surface area contributed by atoms with E-state index in [0.717, 1.165) is 16.7 Å². The molecule has 0 bridgehead atoms. The van der Waals surface area contributed by atoms with Gasteiger partial charge in [-0.2, -0.15) is 5.26 Å². The fourth-order valence-corrected chi connectivity index (χ4v) is 1.49. The zero-order chi connectivity index (χ0) is 11.4. The summed E-state index contributed by atoms with van der Waals surface area (Å²) < 4.78 is 5.39. The van der Waals surface area contributed by atoms with Crippen LogP contribution < -0.4 is 4.74 Å². The van der Waals surface area contributed by atoms with Crippen molar-refractivity contribution in [3.8, 4) is 11.8 Å². The summed E-state index contributed by atoms with van der Waals surface area (Å²) in [5.41, 5.74) is 1.39. The van der Waals surface area contributed by atoms with Crippen molar-refractivity contribution in [1.82, 2.24) is 4.98 Å². The van der Waals surface area contributed by atoms with E-state index >= 15 is 0 Å². The summed E-state index contributed by atoms with van der Waals surface area (Å²) in [7, 11) is 0. The molecule has 0 amide bonds. The van der Waals surface area contributed by atoms with E-state index in [-0.39, 0.29) is 0 Å². The zero-order valence-electron chi connectivity index (χ0n) is 8.48. The van der Waals surface area contributed by atoms with Crippen LogP contribution in [0.5, 0.6) is 5.75 Å². The van der Waals surface area contributed by atoms with Gasteiger partial charge in [0, 0.05) is 11.6 Å². The number of alkyl halides is 1. The lowest BCUT2D eigenvalue weighted by Gasteiger charge is -2.04. The molecule has 1 aromatic heterocycles. The van der Waals surface area contributed by atoms with Gasteiger partial charge in [-0.15, -0.1) is 11.6 Å². The highest BCUT2D eigenvalue weighted by atomic mass is 35.5. The minimum Gasteiger partial charge on any atom is -0.492 e. The van der Waals surface area contributed by atoms with Gasteiger partial charge in [-0.1, -0.05) is 0 Å². The van der Waals surface area contributed by atoms with Crippen molar-refractivity contribution >= 4 is 22.5 Å². The van der Waals surface area contributed by atoms with Crippen LogP contribution in [0.1, 0.15) is 5.56 Å². The molecule has 1 aromatic carbocycles. The summed E-state index contributed by atoms with van der Waals surface area (Å²) in [4.78, 5) is 4.17. The van der Waals surface area contributed by atoms with Crippen LogP contribution in [-0.2, 0) is 0 Å². The Kier molecular flexibility index (Phi) is 3.23. The van der Waals surface area contributed by atoms with Gasteiger partial charge >= 0.3 is 0 Å². The molecule has 4 heteroatoms. The summed E-state index contributed by atoms with van der Waals surface area (Å²) >= 11 is 5.54. The van der Waals surface area contributed by atoms with Crippen molar-refractivity contribution in [2.45, 2.75) is 0 Å². The van der Waals surface area contributed by atoms with Gasteiger partial charge in [0.1, 0.15) is 18.4 Å². The van der Waals surface area contributed by atoms with E-state index in [1.165, 1.54) is 0 Å². The first kappa shape index (κ1) is 10.7. The van der Waals surface area contributed by atoms with Crippen molar-refractivity contribution < 1.29 is 4.74 Å². The van der Waals surface area contributed by atoms with Crippen molar-refractivity contribution in [3.05, 3.63) is 36.0 Å². The third kappa shape index (κ3) is 2.23. The molecule has 0 radical (unpaired) electrons. The Bertz CT molecular complexity index is 548. The van der Waals surface area contributed by atoms with Gasteiger partial charge in [0.2, 0.25) is 0 Å². The van der Waals surface area contributed by atoms with Crippen LogP contribution in [0.4, 0.5) is 0 Å². The number of rotatable bonds is 3. The Morgan fingerprint density at radius 3 is 3.00 bits per heavy atom. The summed E-state index contributed by atoms with van der Waals surface area (Å²) in [5.74, 6) is 1.19. The van der Waals surface area contributed by atoms with Crippen LogP contribution in [-0.4, -0.2) is 17.5 Å². The lowest BCUT2D eigenvalue weighted by molar-refractivity contribution is 0.343. The maximum Gasteiger partial charge on any atom is 0.120 e. The van der Waals surface area contributed by atoms with Gasteiger partial charge in [-0.25, -0.2) is 0 Å². The highest BCUT2D eigenvalue weighted by Gasteiger charge is 2.00. The van der Waals surface area contributed by atoms with Crippen LogP contribution in [0.3, 0.4) is 0 Å². The molecule has 3 nitrogen and oxygen atoms in total. The van der Waals surface area contributed by atoms with E-state index in [9.17, 15) is 0 Å². The van der Waals surface area contributed by atoms with E-state index in [4.69, 9.17) is 21.6 Å². The van der Waals surface area contributed by atoms with E-state index in [0.29, 0.717) is 18.1 Å². The first-order chi connectivity index (χ1) is 7.83. The standard InChI is InChI=1S/C12H9ClN2O/c13-3-4-16-11-1-2-12-10(6-11)5-9(7-14)8-15-12/h1-2,5-6,8H,3-4H2. The fraction of sp³-hybridized carbons (Fsp3) is 0.167. The van der Waals surface area contributed by atoms with Crippen LogP contribution >= 0.6 is 11.6 Å². The lowest BCUT2D eigenvalue weighted by atomic mass is 10.1. The number of nitriles is 1. The molecule has 2 aromatic rings. The van der Waals surface area contributed by atoms with Gasteiger partial charge in [-0.3, -0.25) is 4.98 Å². The van der Waals surface area contributed by atoms with Crippen molar-refractivity contribution in [2.75, 3.05) is 12.5 Å². The normalized spacial score (nSPS) is 10.0. The average Bonchev–Trinajstić information content (AvgIpc) is 2.35. The topological polar surface area (TPSA) is 45.9 Å². The number of aromatic nitrogens is 1. The molecule has 0 saturated heterocycles. The van der Waals surface area contributed by atoms with Crippen LogP contribution in [0.15, 0.2) is 30.5 Å². The van der Waals surface area contributed by atoms with Gasteiger partial charge in [0.15, 0.2) is 0 Å². The lowest BCUT2D eigenvalue weighted by Crippen LogP contribution is -1.97. The predicted octanol–water partition coefficient (Wildman–Crippen LogP) is 2.72. The molecule has 0 unspecified atom stereocenters. The van der Waals surface area contributed by atoms with E-state index in [2.05, 4.69) is 11.1 Å². The second-order valence-electron chi connectivity index (χ2n) is 3.23. The van der Waals surface area contributed by atoms with Gasteiger partial charge in [-0.05, 0) is 24.3 Å². The number of benzene rings is 1. The van der Waals surface area contributed by atoms with Gasteiger partial charge in [0.05, 0.1) is 17.0 Å². The molecule has 0 N–H and O–H groups in total. The fourth-order valence-electron chi connectivity index (χ4n) is 1.42. The summed E-state index contributed by atoms with van der Waals surface area (Å²) in [6.45, 7) is 0.471. The first-order valence-corrected chi connectivity index (χ1v) is 5.35. The third-order valence-electron chi connectivity index (χ3n) is 2.13. The highest BCUT2D eigenvalue weighted by molar-refractivity contribution is 6.18. The Morgan fingerprint density at radius 1 is 1.38 bits per heavy atom. The van der Waals surface area contributed by atoms with E-state index in [1.54, 1.807) is 12.3 Å². The molecule has 0 aliphatic carbocycles. The maximum absolute atomic E-state index is 8.77. The molecule has 0 aliphatic heterocycles. The Balaban J connectivity index is 2.39. The molecular weight excluding hydrogens is 224 g/mol. The molecule has 0 atom stereocenters. The third-order valence-corrected chi connectivity index (χ3v) is 2.28. The van der Waals surface area contributed by atoms with Crippen molar-refractivity contribution in [2.24, 2.45) is 0 Å². The maximum atomic E-state index is 8.77. The van der Waals surface area contributed by atoms with Crippen molar-refractivity contribution in [3.63, 3.8) is 0 Å². The zero-order valence-corrected chi connectivity index (χ0v) is 9.24. The molecule has 0 spiro atoms. The van der Waals surface area contributed by atoms with Crippen LogP contribution in [0, 0.1) is 11.3 Å². The molecule has 1 heterocycles. The van der Waals surface area contributed by atoms with E-state index < -0.39 is 0 Å². The Hall–Kier alpha value is -1.79. The number of nitrogens with zero attached hydrogens (tertiary/aromatic N) is 2. The Labute approximate surface area is 98.2 Å². The van der Waals surface area contributed by atoms with Crippen LogP contribution in [0.2, 0.25) is 0 Å². The average molecular weight is 233 g/mol. The SMILES string of the molecule is N#Cc1cnc2ccc(OCCCl)cc2c1. The molecule has 80 valence electrons. The highest BCUT2D eigenvalue weighted by Crippen LogP contribution is 2.20. The number of pyridine rings is 1. The molecular formula is C12H9ClN2O. The molecule has 16 heavy (non-hydrogen) atoms. The van der Waals surface area contributed by atoms with Gasteiger partial charge in [0.25, 0.3) is 0 Å². The number of hydrogen-bond acceptors (Lipinski definition) is 3. The van der Waals surface area contributed by atoms with Crippen LogP contribution in [0.25, 0.3) is 10.9 Å². The second-order valence-corrected chi connectivity index (χ2v) is 3.61. The minimum absolute atomic E-state index is 0.453. The van der Waals surface area contributed by atoms with Crippen molar-refractivity contribution in [1.29, 1.82) is 5.26 Å². The summed E-state index contributed by atoms with van der Waals surface area (Å²) in [6.07, 6.45) is 1.56. The molecule has 0 fully saturated rings. The number of halogens is 1. The summed E-state index contributed by atoms with van der Waals surface area (Å²) in [5, 5.41) is 9.66. The molecule has 0 aliphatic rings. The smallest absolute Gasteiger partial charge is 0.120 e. The number of fused-ring (bicyclic) bond motifs is 1. The minimum atomic E-state index is 0.453. The number of hydrogen-bond donors (Lipinski definition) is 0. The predicted molar refractivity (Wildman–Crippen MR) is 62.7 cm³/mol. The monoisotopic (exact) mass is 232 g/mol.